The summed E-state index contributed by atoms with van der Waals surface area (Å²) in [5, 5.41) is 11.0. The highest BCUT2D eigenvalue weighted by atomic mass is 32.1. The van der Waals surface area contributed by atoms with Crippen LogP contribution in [0.25, 0.3) is 21.3 Å². The smallest absolute Gasteiger partial charge is 0.141 e. The number of hydrogen-bond acceptors (Lipinski definition) is 4. The minimum absolute atomic E-state index is 0.444. The molecule has 0 radical (unpaired) electrons. The molecule has 86 valence electrons. The Labute approximate surface area is 108 Å². The zero-order valence-corrected chi connectivity index (χ0v) is 10.5. The van der Waals surface area contributed by atoms with E-state index in [-0.39, 0.29) is 0 Å². The van der Waals surface area contributed by atoms with Gasteiger partial charge in [-0.2, -0.15) is 5.26 Å². The van der Waals surface area contributed by atoms with Crippen LogP contribution in [0.3, 0.4) is 0 Å². The predicted octanol–water partition coefficient (Wildman–Crippen LogP) is 3.54. The van der Waals surface area contributed by atoms with Gasteiger partial charge in [0.05, 0.1) is 10.2 Å². The monoisotopic (exact) mass is 251 g/mol. The molecule has 0 N–H and O–H groups in total. The number of thiophene rings is 1. The van der Waals surface area contributed by atoms with Gasteiger partial charge >= 0.3 is 0 Å². The van der Waals surface area contributed by atoms with Crippen LogP contribution in [0.2, 0.25) is 0 Å². The summed E-state index contributed by atoms with van der Waals surface area (Å²) in [5.41, 5.74) is 4.56. The van der Waals surface area contributed by atoms with Crippen molar-refractivity contribution in [3.63, 3.8) is 0 Å². The maximum absolute atomic E-state index is 9.05. The highest BCUT2D eigenvalue weighted by Crippen LogP contribution is 2.33. The molecule has 4 heteroatoms. The summed E-state index contributed by atoms with van der Waals surface area (Å²) in [5.74, 6) is 0. The summed E-state index contributed by atoms with van der Waals surface area (Å²) in [6.45, 7) is 2.04. The van der Waals surface area contributed by atoms with Crippen molar-refractivity contribution < 1.29 is 0 Å². The van der Waals surface area contributed by atoms with Crippen molar-refractivity contribution in [2.75, 3.05) is 0 Å². The van der Waals surface area contributed by atoms with E-state index in [0.29, 0.717) is 5.69 Å². The van der Waals surface area contributed by atoms with Crippen LogP contribution in [0.1, 0.15) is 11.3 Å². The fraction of sp³-hybridized carbons (Fsp3) is 0.0714. The third-order valence-corrected chi connectivity index (χ3v) is 3.79. The zero-order valence-electron chi connectivity index (χ0n) is 9.71. The maximum atomic E-state index is 9.05. The zero-order chi connectivity index (χ0) is 12.5. The molecule has 0 fully saturated rings. The Kier molecular flexibility index (Phi) is 2.54. The first kappa shape index (κ1) is 10.9. The lowest BCUT2D eigenvalue weighted by Crippen LogP contribution is -1.89. The summed E-state index contributed by atoms with van der Waals surface area (Å²) in [6.07, 6.45) is 3.61. The lowest BCUT2D eigenvalue weighted by Gasteiger charge is -2.06. The molecule has 3 rings (SSSR count). The Bertz CT molecular complexity index is 768. The van der Waals surface area contributed by atoms with E-state index in [1.165, 1.54) is 0 Å². The third kappa shape index (κ3) is 1.66. The molecule has 0 unspecified atom stereocenters. The number of hydrogen-bond donors (Lipinski definition) is 0. The van der Waals surface area contributed by atoms with Crippen LogP contribution in [-0.2, 0) is 0 Å². The number of nitrogens with zero attached hydrogens (tertiary/aromatic N) is 3. The molecular formula is C14H9N3S. The van der Waals surface area contributed by atoms with Gasteiger partial charge in [-0.05, 0) is 36.1 Å². The lowest BCUT2D eigenvalue weighted by atomic mass is 10.0. The second-order valence-electron chi connectivity index (χ2n) is 3.99. The number of nitriles is 1. The molecule has 3 aromatic rings. The van der Waals surface area contributed by atoms with Crippen LogP contribution in [-0.4, -0.2) is 9.97 Å². The summed E-state index contributed by atoms with van der Waals surface area (Å²) in [6, 6.07) is 7.86. The van der Waals surface area contributed by atoms with E-state index in [4.69, 9.17) is 5.26 Å². The molecule has 0 aliphatic carbocycles. The van der Waals surface area contributed by atoms with E-state index < -0.39 is 0 Å². The molecule has 0 atom stereocenters. The normalized spacial score (nSPS) is 10.4. The molecular weight excluding hydrogens is 242 g/mol. The minimum Gasteiger partial charge on any atom is -0.264 e. The quantitative estimate of drug-likeness (QED) is 0.664. The van der Waals surface area contributed by atoms with E-state index in [1.807, 2.05) is 36.7 Å². The first-order valence-electron chi connectivity index (χ1n) is 5.49. The van der Waals surface area contributed by atoms with Crippen molar-refractivity contribution in [2.24, 2.45) is 0 Å². The summed E-state index contributed by atoms with van der Waals surface area (Å²) in [7, 11) is 0. The van der Waals surface area contributed by atoms with Gasteiger partial charge in [0.2, 0.25) is 0 Å². The summed E-state index contributed by atoms with van der Waals surface area (Å²) >= 11 is 1.64. The molecule has 18 heavy (non-hydrogen) atoms. The fourth-order valence-electron chi connectivity index (χ4n) is 1.96. The van der Waals surface area contributed by atoms with E-state index in [2.05, 4.69) is 16.0 Å². The van der Waals surface area contributed by atoms with Crippen LogP contribution in [0.5, 0.6) is 0 Å². The number of aryl methyl sites for hydroxylation is 1. The van der Waals surface area contributed by atoms with Crippen molar-refractivity contribution in [3.8, 4) is 17.2 Å². The van der Waals surface area contributed by atoms with Crippen molar-refractivity contribution in [1.82, 2.24) is 9.97 Å². The first-order valence-corrected chi connectivity index (χ1v) is 6.37. The van der Waals surface area contributed by atoms with Gasteiger partial charge in [-0.1, -0.05) is 0 Å². The molecule has 0 aliphatic heterocycles. The topological polar surface area (TPSA) is 49.6 Å². The van der Waals surface area contributed by atoms with Crippen LogP contribution < -0.4 is 0 Å². The van der Waals surface area contributed by atoms with Gasteiger partial charge in [0.15, 0.2) is 0 Å². The van der Waals surface area contributed by atoms with E-state index in [1.54, 1.807) is 17.5 Å². The van der Waals surface area contributed by atoms with Crippen LogP contribution in [0.4, 0.5) is 0 Å². The van der Waals surface area contributed by atoms with Crippen molar-refractivity contribution >= 4 is 21.6 Å². The van der Waals surface area contributed by atoms with Gasteiger partial charge < -0.3 is 0 Å². The molecule has 0 spiro atoms. The van der Waals surface area contributed by atoms with Crippen molar-refractivity contribution in [1.29, 1.82) is 5.26 Å². The van der Waals surface area contributed by atoms with Crippen molar-refractivity contribution in [2.45, 2.75) is 6.92 Å². The molecule has 3 aromatic heterocycles. The largest absolute Gasteiger partial charge is 0.264 e. The molecule has 0 saturated carbocycles. The van der Waals surface area contributed by atoms with Crippen molar-refractivity contribution in [3.05, 3.63) is 47.2 Å². The van der Waals surface area contributed by atoms with E-state index in [9.17, 15) is 0 Å². The number of fused-ring (bicyclic) bond motifs is 1. The average molecular weight is 251 g/mol. The highest BCUT2D eigenvalue weighted by molar-refractivity contribution is 7.17. The Balaban J connectivity index is 2.38. The standard InChI is InChI=1S/C14H9N3S/c1-9-2-4-16-8-12(9)11-6-10(7-15)17-13-3-5-18-14(11)13/h2-6,8H,1H3. The first-order chi connectivity index (χ1) is 8.79. The minimum atomic E-state index is 0.444. The van der Waals surface area contributed by atoms with Gasteiger partial charge in [-0.15, -0.1) is 11.3 Å². The number of aromatic nitrogens is 2. The molecule has 0 amide bonds. The predicted molar refractivity (Wildman–Crippen MR) is 72.3 cm³/mol. The molecule has 0 bridgehead atoms. The second kappa shape index (κ2) is 4.21. The number of pyridine rings is 2. The lowest BCUT2D eigenvalue weighted by molar-refractivity contribution is 1.28. The highest BCUT2D eigenvalue weighted by Gasteiger charge is 2.10. The van der Waals surface area contributed by atoms with Gasteiger partial charge in [0.25, 0.3) is 0 Å². The van der Waals surface area contributed by atoms with Crippen LogP contribution >= 0.6 is 11.3 Å². The van der Waals surface area contributed by atoms with E-state index in [0.717, 1.165) is 26.9 Å². The molecule has 0 aromatic carbocycles. The Hall–Kier alpha value is -2.25. The van der Waals surface area contributed by atoms with Gasteiger partial charge in [-0.3, -0.25) is 4.98 Å². The molecule has 0 saturated heterocycles. The number of rotatable bonds is 1. The maximum Gasteiger partial charge on any atom is 0.141 e. The Morgan fingerprint density at radius 2 is 2.17 bits per heavy atom. The van der Waals surface area contributed by atoms with Gasteiger partial charge in [-0.25, -0.2) is 4.98 Å². The fourth-order valence-corrected chi connectivity index (χ4v) is 2.82. The Morgan fingerprint density at radius 3 is 2.94 bits per heavy atom. The van der Waals surface area contributed by atoms with Crippen LogP contribution in [0, 0.1) is 18.3 Å². The molecule has 0 aliphatic rings. The summed E-state index contributed by atoms with van der Waals surface area (Å²) < 4.78 is 1.10. The van der Waals surface area contributed by atoms with Crippen LogP contribution in [0.15, 0.2) is 36.0 Å². The average Bonchev–Trinajstić information content (AvgIpc) is 2.86. The van der Waals surface area contributed by atoms with E-state index >= 15 is 0 Å². The second-order valence-corrected chi connectivity index (χ2v) is 4.91. The molecule has 3 heterocycles. The Morgan fingerprint density at radius 1 is 1.28 bits per heavy atom. The van der Waals surface area contributed by atoms with Gasteiger partial charge in [0.1, 0.15) is 11.8 Å². The SMILES string of the molecule is Cc1ccncc1-c1cc(C#N)nc2ccsc12. The summed E-state index contributed by atoms with van der Waals surface area (Å²) in [4.78, 5) is 8.47. The molecule has 3 nitrogen and oxygen atoms in total. The third-order valence-electron chi connectivity index (χ3n) is 2.85. The van der Waals surface area contributed by atoms with Gasteiger partial charge in [0, 0.05) is 23.5 Å².